The molecule has 1 aliphatic heterocycles. The van der Waals surface area contributed by atoms with Crippen molar-refractivity contribution in [1.29, 1.82) is 0 Å². The van der Waals surface area contributed by atoms with E-state index in [9.17, 15) is 8.78 Å². The minimum Gasteiger partial charge on any atom is -0.415 e. The highest BCUT2D eigenvalue weighted by molar-refractivity contribution is 5.72. The van der Waals surface area contributed by atoms with Crippen molar-refractivity contribution in [2.24, 2.45) is 5.92 Å². The Kier molecular flexibility index (Phi) is 4.84. The van der Waals surface area contributed by atoms with Gasteiger partial charge in [0.15, 0.2) is 11.5 Å². The van der Waals surface area contributed by atoms with Crippen molar-refractivity contribution in [3.8, 4) is 5.88 Å². The molecular weight excluding hydrogens is 360 g/mol. The molecule has 0 saturated carbocycles. The van der Waals surface area contributed by atoms with Gasteiger partial charge in [-0.05, 0) is 25.7 Å². The molecule has 2 N–H and O–H groups in total. The van der Waals surface area contributed by atoms with E-state index < -0.39 is 6.61 Å². The average Bonchev–Trinajstić information content (AvgIpc) is 3.28. The second-order valence-corrected chi connectivity index (χ2v) is 6.37. The maximum Gasteiger partial charge on any atom is 0.388 e. The van der Waals surface area contributed by atoms with Crippen LogP contribution in [0.15, 0.2) is 18.5 Å². The number of aromatic nitrogens is 6. The van der Waals surface area contributed by atoms with Crippen LogP contribution in [0.4, 0.5) is 20.4 Å². The summed E-state index contributed by atoms with van der Waals surface area (Å²) in [6, 6.07) is 1.48. The van der Waals surface area contributed by atoms with Gasteiger partial charge in [-0.15, -0.1) is 5.10 Å². The minimum absolute atomic E-state index is 0.161. The maximum atomic E-state index is 12.2. The first-order chi connectivity index (χ1) is 13.1. The van der Waals surface area contributed by atoms with Crippen LogP contribution in [0, 0.1) is 5.92 Å². The van der Waals surface area contributed by atoms with Crippen molar-refractivity contribution < 1.29 is 18.3 Å². The summed E-state index contributed by atoms with van der Waals surface area (Å²) >= 11 is 0. The molecule has 9 nitrogen and oxygen atoms in total. The third-order valence-electron chi connectivity index (χ3n) is 4.66. The molecule has 1 atom stereocenters. The number of halogens is 2. The van der Waals surface area contributed by atoms with Gasteiger partial charge in [-0.3, -0.25) is 5.10 Å². The van der Waals surface area contributed by atoms with Gasteiger partial charge in [-0.2, -0.15) is 13.9 Å². The maximum absolute atomic E-state index is 12.2. The lowest BCUT2D eigenvalue weighted by Crippen LogP contribution is -2.24. The fourth-order valence-corrected chi connectivity index (χ4v) is 3.23. The van der Waals surface area contributed by atoms with Crippen molar-refractivity contribution in [3.05, 3.63) is 18.5 Å². The summed E-state index contributed by atoms with van der Waals surface area (Å²) < 4.78 is 36.0. The summed E-state index contributed by atoms with van der Waals surface area (Å²) in [5.74, 6) is 1.06. The number of fused-ring (bicyclic) bond motifs is 1. The number of H-pyrrole nitrogens is 1. The molecule has 0 aliphatic carbocycles. The van der Waals surface area contributed by atoms with Gasteiger partial charge < -0.3 is 14.8 Å². The highest BCUT2D eigenvalue weighted by atomic mass is 19.3. The molecular formula is C16H19F2N7O2. The number of ether oxygens (including phenoxy) is 2. The van der Waals surface area contributed by atoms with Gasteiger partial charge in [-0.25, -0.2) is 14.6 Å². The van der Waals surface area contributed by atoms with Crippen LogP contribution in [-0.4, -0.2) is 49.8 Å². The van der Waals surface area contributed by atoms with Gasteiger partial charge in [0, 0.05) is 19.3 Å². The molecule has 3 aromatic rings. The van der Waals surface area contributed by atoms with E-state index in [0.29, 0.717) is 28.7 Å². The normalized spacial score (nSPS) is 16.7. The summed E-state index contributed by atoms with van der Waals surface area (Å²) in [4.78, 5) is 8.94. The van der Waals surface area contributed by atoms with Gasteiger partial charge in [0.2, 0.25) is 5.88 Å². The zero-order valence-corrected chi connectivity index (χ0v) is 14.6. The number of hydrogen-bond donors (Lipinski definition) is 2. The second kappa shape index (κ2) is 7.43. The lowest BCUT2D eigenvalue weighted by Gasteiger charge is -2.28. The first-order valence-corrected chi connectivity index (χ1v) is 8.65. The lowest BCUT2D eigenvalue weighted by molar-refractivity contribution is -0.0528. The Balaban J connectivity index is 1.55. The number of aromatic amines is 1. The predicted molar refractivity (Wildman–Crippen MR) is 92.1 cm³/mol. The fourth-order valence-electron chi connectivity index (χ4n) is 3.23. The molecule has 0 unspecified atom stereocenters. The summed E-state index contributed by atoms with van der Waals surface area (Å²) in [5, 5.41) is 13.6. The Morgan fingerprint density at radius 3 is 2.93 bits per heavy atom. The standard InChI is InChI=1S/C16H19F2N7O2/c1-9(10-2-4-26-5-3-10)25-15-11(7-20-25)19-8-13(22-15)21-12-6-14(24-23-12)27-16(17)18/h6-10,16H,2-5H2,1H3,(H2,21,22,23,24)/t9-/m1/s1. The lowest BCUT2D eigenvalue weighted by atomic mass is 9.93. The van der Waals surface area contributed by atoms with E-state index in [1.807, 2.05) is 4.68 Å². The van der Waals surface area contributed by atoms with Gasteiger partial charge in [0.25, 0.3) is 0 Å². The van der Waals surface area contributed by atoms with Crippen molar-refractivity contribution in [2.75, 3.05) is 18.5 Å². The van der Waals surface area contributed by atoms with Crippen LogP contribution in [-0.2, 0) is 4.74 Å². The molecule has 1 aliphatic rings. The van der Waals surface area contributed by atoms with E-state index in [-0.39, 0.29) is 11.9 Å². The summed E-state index contributed by atoms with van der Waals surface area (Å²) in [7, 11) is 0. The molecule has 4 heterocycles. The predicted octanol–water partition coefficient (Wildman–Crippen LogP) is 2.88. The van der Waals surface area contributed by atoms with Crippen molar-refractivity contribution in [2.45, 2.75) is 32.4 Å². The molecule has 11 heteroatoms. The topological polar surface area (TPSA) is 103 Å². The van der Waals surface area contributed by atoms with E-state index in [1.54, 1.807) is 12.4 Å². The van der Waals surface area contributed by atoms with Crippen LogP contribution in [0.2, 0.25) is 0 Å². The summed E-state index contributed by atoms with van der Waals surface area (Å²) in [6.45, 7) is 0.705. The monoisotopic (exact) mass is 379 g/mol. The number of alkyl halides is 2. The highest BCUT2D eigenvalue weighted by Gasteiger charge is 2.24. The molecule has 144 valence electrons. The molecule has 0 spiro atoms. The Hall–Kier alpha value is -2.82. The molecule has 0 radical (unpaired) electrons. The number of rotatable bonds is 6. The third-order valence-corrected chi connectivity index (χ3v) is 4.66. The molecule has 27 heavy (non-hydrogen) atoms. The molecule has 1 saturated heterocycles. The average molecular weight is 379 g/mol. The van der Waals surface area contributed by atoms with Crippen LogP contribution in [0.25, 0.3) is 11.2 Å². The molecule has 0 aromatic carbocycles. The zero-order chi connectivity index (χ0) is 18.8. The van der Waals surface area contributed by atoms with Crippen LogP contribution < -0.4 is 10.1 Å². The van der Waals surface area contributed by atoms with Gasteiger partial charge in [0.05, 0.1) is 18.4 Å². The Morgan fingerprint density at radius 1 is 1.33 bits per heavy atom. The zero-order valence-electron chi connectivity index (χ0n) is 14.6. The first-order valence-electron chi connectivity index (χ1n) is 8.65. The Bertz CT molecular complexity index is 907. The van der Waals surface area contributed by atoms with Gasteiger partial charge in [-0.1, -0.05) is 0 Å². The molecule has 1 fully saturated rings. The SMILES string of the molecule is C[C@H](C1CCOCC1)n1ncc2ncc(Nc3cc(OC(F)F)n[nH]3)nc21. The van der Waals surface area contributed by atoms with E-state index in [2.05, 4.69) is 42.2 Å². The number of anilines is 2. The van der Waals surface area contributed by atoms with Crippen LogP contribution in [0.5, 0.6) is 5.88 Å². The van der Waals surface area contributed by atoms with Crippen molar-refractivity contribution >= 4 is 22.8 Å². The Labute approximate surface area is 153 Å². The van der Waals surface area contributed by atoms with Crippen LogP contribution >= 0.6 is 0 Å². The number of nitrogens with zero attached hydrogens (tertiary/aromatic N) is 5. The first kappa shape index (κ1) is 17.6. The van der Waals surface area contributed by atoms with Crippen LogP contribution in [0.3, 0.4) is 0 Å². The van der Waals surface area contributed by atoms with E-state index in [1.165, 1.54) is 6.07 Å². The van der Waals surface area contributed by atoms with Gasteiger partial charge >= 0.3 is 6.61 Å². The third kappa shape index (κ3) is 3.82. The number of hydrogen-bond acceptors (Lipinski definition) is 7. The summed E-state index contributed by atoms with van der Waals surface area (Å²) in [6.07, 6.45) is 5.19. The molecule has 0 amide bonds. The Morgan fingerprint density at radius 2 is 2.15 bits per heavy atom. The molecule has 0 bridgehead atoms. The van der Waals surface area contributed by atoms with Crippen molar-refractivity contribution in [1.82, 2.24) is 29.9 Å². The fraction of sp³-hybridized carbons (Fsp3) is 0.500. The second-order valence-electron chi connectivity index (χ2n) is 6.37. The minimum atomic E-state index is -2.93. The molecule has 4 rings (SSSR count). The summed E-state index contributed by atoms with van der Waals surface area (Å²) in [5.41, 5.74) is 1.34. The number of nitrogens with one attached hydrogen (secondary N) is 2. The van der Waals surface area contributed by atoms with E-state index in [4.69, 9.17) is 4.74 Å². The molecule has 3 aromatic heterocycles. The van der Waals surface area contributed by atoms with E-state index in [0.717, 1.165) is 26.1 Å². The largest absolute Gasteiger partial charge is 0.415 e. The smallest absolute Gasteiger partial charge is 0.388 e. The highest BCUT2D eigenvalue weighted by Crippen LogP contribution is 2.29. The quantitative estimate of drug-likeness (QED) is 0.679. The van der Waals surface area contributed by atoms with Gasteiger partial charge in [0.1, 0.15) is 11.3 Å². The van der Waals surface area contributed by atoms with Crippen molar-refractivity contribution in [3.63, 3.8) is 0 Å². The van der Waals surface area contributed by atoms with E-state index >= 15 is 0 Å². The van der Waals surface area contributed by atoms with Crippen LogP contribution in [0.1, 0.15) is 25.8 Å².